The van der Waals surface area contributed by atoms with Crippen molar-refractivity contribution in [2.75, 3.05) is 14.2 Å². The number of carboxylic acids is 1. The number of rotatable bonds is 10. The molecule has 0 fully saturated rings. The molecule has 3 aliphatic heterocycles. The van der Waals surface area contributed by atoms with Gasteiger partial charge in [-0.3, -0.25) is 4.79 Å². The van der Waals surface area contributed by atoms with E-state index in [0.29, 0.717) is 54.9 Å². The third-order valence-corrected chi connectivity index (χ3v) is 19.5. The summed E-state index contributed by atoms with van der Waals surface area (Å²) in [5.74, 6) is -2.35. The second-order valence-electron chi connectivity index (χ2n) is 19.5. The van der Waals surface area contributed by atoms with Gasteiger partial charge in [0.1, 0.15) is 40.1 Å². The van der Waals surface area contributed by atoms with Gasteiger partial charge in [-0.2, -0.15) is 0 Å². The molecular weight excluding hydrogens is 1560 g/mol. The predicted octanol–water partition coefficient (Wildman–Crippen LogP) is 10.7. The molecule has 0 aromatic heterocycles. The Hall–Kier alpha value is -7.51. The number of carbonyl (C=O) groups is 4. The topological polar surface area (TPSA) is 216 Å². The molecule has 18 heteroatoms. The van der Waals surface area contributed by atoms with Gasteiger partial charge < -0.3 is 43.8 Å². The van der Waals surface area contributed by atoms with E-state index in [1.807, 2.05) is 121 Å². The maximum atomic E-state index is 13.8. The fourth-order valence-corrected chi connectivity index (χ4v) is 15.8. The second kappa shape index (κ2) is 25.8. The van der Waals surface area contributed by atoms with Crippen LogP contribution in [0, 0.1) is 88.1 Å². The fraction of sp³-hybridized carbons (Fsp3) is 0.0441. The number of aromatic carboxylic acids is 1. The van der Waals surface area contributed by atoms with Crippen molar-refractivity contribution in [3.05, 3.63) is 268 Å². The van der Waals surface area contributed by atoms with Crippen molar-refractivity contribution in [3.8, 4) is 51.2 Å². The molecule has 14 nitrogen and oxygen atoms in total. The molecule has 3 heterocycles. The molecule has 9 aromatic carbocycles. The van der Waals surface area contributed by atoms with E-state index < -0.39 is 45.3 Å². The Kier molecular flexibility index (Phi) is 18.5. The molecule has 9 aromatic rings. The van der Waals surface area contributed by atoms with Crippen LogP contribution >= 0.6 is 15.8 Å². The third kappa shape index (κ3) is 11.4. The molecule has 0 saturated heterocycles. The average molecular weight is 1600 g/mol. The number of hydrogen-bond acceptors (Lipinski definition) is 13. The van der Waals surface area contributed by atoms with E-state index in [4.69, 9.17) is 23.4 Å². The monoisotopic (exact) mass is 1600 g/mol. The molecular formula is C68H46Ac2O14P2. The molecule has 0 amide bonds. The zero-order chi connectivity index (χ0) is 58.4. The Balaban J connectivity index is 0.000000186. The van der Waals surface area contributed by atoms with Crippen molar-refractivity contribution in [2.45, 2.75) is 5.60 Å². The molecule has 1 aliphatic carbocycles. The van der Waals surface area contributed by atoms with Gasteiger partial charge in [-0.15, -0.1) is 0 Å². The fourth-order valence-electron chi connectivity index (χ4n) is 10.9. The summed E-state index contributed by atoms with van der Waals surface area (Å²) in [4.78, 5) is 65.9. The number of methoxy groups -OCH3 is 2. The van der Waals surface area contributed by atoms with Crippen molar-refractivity contribution in [1.82, 2.24) is 0 Å². The number of hydrogen-bond donors (Lipinski definition) is 4. The average Bonchev–Trinajstić information content (AvgIpc) is 2.60. The summed E-state index contributed by atoms with van der Waals surface area (Å²) >= 11 is 0. The zero-order valence-corrected chi connectivity index (χ0v) is 57.0. The van der Waals surface area contributed by atoms with Crippen LogP contribution in [0.25, 0.3) is 33.4 Å². The first-order valence-corrected chi connectivity index (χ1v) is 28.8. The summed E-state index contributed by atoms with van der Waals surface area (Å²) in [6, 6.07) is 63.3. The van der Waals surface area contributed by atoms with Crippen molar-refractivity contribution in [1.29, 1.82) is 0 Å². The first-order chi connectivity index (χ1) is 40.8. The van der Waals surface area contributed by atoms with Crippen LogP contribution < -0.4 is 42.0 Å². The van der Waals surface area contributed by atoms with Crippen LogP contribution in [0.1, 0.15) is 58.1 Å². The molecule has 418 valence electrons. The Morgan fingerprint density at radius 2 is 0.930 bits per heavy atom. The van der Waals surface area contributed by atoms with Crippen LogP contribution in [0.15, 0.2) is 228 Å². The maximum Gasteiger partial charge on any atom is 0.340 e. The van der Waals surface area contributed by atoms with Gasteiger partial charge in [0.15, 0.2) is 11.0 Å². The second-order valence-corrected chi connectivity index (χ2v) is 23.9. The smallest absolute Gasteiger partial charge is 0.340 e. The first-order valence-electron chi connectivity index (χ1n) is 26.1. The van der Waals surface area contributed by atoms with E-state index in [0.717, 1.165) is 21.2 Å². The molecule has 0 unspecified atom stereocenters. The number of ether oxygens (including phenoxy) is 4. The molecule has 0 saturated carbocycles. The standard InChI is InChI=1S/2C34H23O7P.2Ac/c1-39-32(37)25-18-28-24(19-31(25)42(22-8-4-2-5-9-22)23-10-6-3-7-11-23)33(38)41-34(28)26-14-12-20(35)16-29(26)40-30-17-21(36)13-15-27(30)34;1-40-34(39)28-18-26(32-24-14-12-20(35)16-29(24)41-30-17-21(36)13-15-25(30)32)27(33(37)38)19-31(28)42(22-8-4-2-5-9-22)23-10-6-3-7-11-23;;/h2-19,35-36H,1H3;2-19,35H,1H3,(H,37,38);;. The van der Waals surface area contributed by atoms with Gasteiger partial charge in [0, 0.05) is 156 Å². The van der Waals surface area contributed by atoms with E-state index >= 15 is 0 Å². The molecule has 2 radical (unpaired) electrons. The van der Waals surface area contributed by atoms with E-state index in [-0.39, 0.29) is 150 Å². The maximum absolute atomic E-state index is 13.8. The number of carboxylic acid groups (broad SMARTS) is 1. The normalized spacial score (nSPS) is 12.3. The van der Waals surface area contributed by atoms with Gasteiger partial charge in [0.25, 0.3) is 0 Å². The molecule has 0 atom stereocenters. The van der Waals surface area contributed by atoms with Crippen molar-refractivity contribution in [3.63, 3.8) is 0 Å². The Labute approximate surface area is 566 Å². The quantitative estimate of drug-likeness (QED) is 0.0434. The van der Waals surface area contributed by atoms with Gasteiger partial charge in [-0.1, -0.05) is 121 Å². The number of phenolic OH excluding ortho intramolecular Hbond substituents is 3. The van der Waals surface area contributed by atoms with Crippen LogP contribution in [0.4, 0.5) is 0 Å². The Morgan fingerprint density at radius 3 is 1.42 bits per heavy atom. The zero-order valence-electron chi connectivity index (χ0n) is 45.7. The molecule has 0 bridgehead atoms. The summed E-state index contributed by atoms with van der Waals surface area (Å²) in [6.07, 6.45) is 0. The summed E-state index contributed by atoms with van der Waals surface area (Å²) in [5.41, 5.74) is 1.81. The number of benzene rings is 10. The minimum atomic E-state index is -1.50. The van der Waals surface area contributed by atoms with Gasteiger partial charge in [-0.25, -0.2) is 19.2 Å². The minimum absolute atomic E-state index is 0. The van der Waals surface area contributed by atoms with Crippen LogP contribution in [-0.2, 0) is 19.8 Å². The SMILES string of the molecule is COC(=O)c1cc(-c2c3ccc(=O)cc-3oc3cc(O)ccc23)c(C(=O)O)cc1P(c1ccccc1)c1ccccc1.COC(=O)c1cc2c(cc1P(c1ccccc1)c1ccccc1)C(=O)OC21c2ccc(O)cc2Oc2cc(O)ccc21.[Ac].[Ac]. The van der Waals surface area contributed by atoms with Crippen molar-refractivity contribution in [2.24, 2.45) is 0 Å². The van der Waals surface area contributed by atoms with Crippen LogP contribution in [-0.4, -0.2) is 58.5 Å². The van der Waals surface area contributed by atoms with Gasteiger partial charge in [0.2, 0.25) is 0 Å². The van der Waals surface area contributed by atoms with E-state index in [2.05, 4.69) is 0 Å². The van der Waals surface area contributed by atoms with Crippen LogP contribution in [0.3, 0.4) is 0 Å². The third-order valence-electron chi connectivity index (χ3n) is 14.6. The summed E-state index contributed by atoms with van der Waals surface area (Å²) in [6.45, 7) is 0. The number of esters is 3. The summed E-state index contributed by atoms with van der Waals surface area (Å²) in [5, 5.41) is 46.7. The number of carbonyl (C=O) groups excluding carboxylic acids is 3. The molecule has 4 N–H and O–H groups in total. The van der Waals surface area contributed by atoms with Crippen molar-refractivity contribution >= 4 is 82.5 Å². The summed E-state index contributed by atoms with van der Waals surface area (Å²) in [7, 11) is -0.0202. The van der Waals surface area contributed by atoms with E-state index in [1.54, 1.807) is 48.5 Å². The van der Waals surface area contributed by atoms with Crippen molar-refractivity contribution < 1.29 is 151 Å². The largest absolute Gasteiger partial charge is 0.508 e. The number of aromatic hydroxyl groups is 3. The predicted molar refractivity (Wildman–Crippen MR) is 321 cm³/mol. The number of phenols is 3. The van der Waals surface area contributed by atoms with Crippen LogP contribution in [0.5, 0.6) is 28.7 Å². The Bertz CT molecular complexity index is 4340. The van der Waals surface area contributed by atoms with Gasteiger partial charge >= 0.3 is 23.9 Å². The Morgan fingerprint density at radius 1 is 0.465 bits per heavy atom. The first kappa shape index (κ1) is 61.6. The summed E-state index contributed by atoms with van der Waals surface area (Å²) < 4.78 is 28.8. The minimum Gasteiger partial charge on any atom is -0.508 e. The van der Waals surface area contributed by atoms with E-state index in [1.165, 1.54) is 62.8 Å². The molecule has 86 heavy (non-hydrogen) atoms. The molecule has 13 rings (SSSR count). The number of fused-ring (bicyclic) bond motifs is 8. The molecule has 1 spiro atoms. The van der Waals surface area contributed by atoms with Crippen LogP contribution in [0.2, 0.25) is 0 Å². The van der Waals surface area contributed by atoms with Gasteiger partial charge in [0.05, 0.1) is 36.5 Å². The van der Waals surface area contributed by atoms with Gasteiger partial charge in [-0.05, 0) is 115 Å². The van der Waals surface area contributed by atoms with E-state index in [9.17, 15) is 44.4 Å². The molecule has 4 aliphatic rings.